The van der Waals surface area contributed by atoms with E-state index in [1.165, 1.54) is 5.56 Å². The number of pyridine rings is 2. The van der Waals surface area contributed by atoms with Crippen molar-refractivity contribution in [1.82, 2.24) is 24.9 Å². The topological polar surface area (TPSA) is 64.5 Å². The van der Waals surface area contributed by atoms with Gasteiger partial charge in [-0.2, -0.15) is 0 Å². The Bertz CT molecular complexity index is 1660. The highest BCUT2D eigenvalue weighted by molar-refractivity contribution is 9.10. The Labute approximate surface area is 223 Å². The van der Waals surface area contributed by atoms with E-state index in [4.69, 9.17) is 15.0 Å². The van der Waals surface area contributed by atoms with Crippen LogP contribution in [0.4, 0.5) is 0 Å². The molecule has 176 valence electrons. The molecule has 3 aromatic heterocycles. The van der Waals surface area contributed by atoms with Gasteiger partial charge in [0.15, 0.2) is 17.5 Å². The normalized spacial score (nSPS) is 10.8. The fraction of sp³-hybridized carbons (Fsp3) is 0. The van der Waals surface area contributed by atoms with Gasteiger partial charge < -0.3 is 0 Å². The Kier molecular flexibility index (Phi) is 6.31. The van der Waals surface area contributed by atoms with Crippen LogP contribution in [-0.2, 0) is 0 Å². The summed E-state index contributed by atoms with van der Waals surface area (Å²) in [6.45, 7) is 0. The van der Waals surface area contributed by atoms with Crippen LogP contribution in [0.5, 0.6) is 0 Å². The molecule has 0 amide bonds. The summed E-state index contributed by atoms with van der Waals surface area (Å²) in [6.07, 6.45) is 7.09. The van der Waals surface area contributed by atoms with Crippen LogP contribution in [0.25, 0.3) is 56.4 Å². The first-order valence-corrected chi connectivity index (χ1v) is 12.6. The summed E-state index contributed by atoms with van der Waals surface area (Å²) in [4.78, 5) is 23.0. The van der Waals surface area contributed by atoms with Crippen LogP contribution in [0.2, 0.25) is 0 Å². The van der Waals surface area contributed by atoms with E-state index in [2.05, 4.69) is 74.4 Å². The molecule has 0 unspecified atom stereocenters. The van der Waals surface area contributed by atoms with Gasteiger partial charge in [0.25, 0.3) is 0 Å². The molecule has 0 saturated carbocycles. The molecular formula is C31H20BrN5. The van der Waals surface area contributed by atoms with Gasteiger partial charge in [-0.25, -0.2) is 15.0 Å². The van der Waals surface area contributed by atoms with E-state index in [9.17, 15) is 0 Å². The Hall–Kier alpha value is -4.55. The zero-order valence-corrected chi connectivity index (χ0v) is 21.2. The molecule has 0 aliphatic carbocycles. The van der Waals surface area contributed by atoms with E-state index in [0.717, 1.165) is 37.9 Å². The predicted octanol–water partition coefficient (Wildman–Crippen LogP) is 7.76. The van der Waals surface area contributed by atoms with Crippen molar-refractivity contribution in [1.29, 1.82) is 0 Å². The molecule has 3 heterocycles. The summed E-state index contributed by atoms with van der Waals surface area (Å²) in [5.41, 5.74) is 7.05. The average molecular weight is 542 g/mol. The van der Waals surface area contributed by atoms with Gasteiger partial charge in [-0.05, 0) is 64.7 Å². The molecule has 3 aromatic carbocycles. The second-order valence-corrected chi connectivity index (χ2v) is 9.37. The van der Waals surface area contributed by atoms with Gasteiger partial charge in [0.2, 0.25) is 0 Å². The minimum atomic E-state index is 0.575. The van der Waals surface area contributed by atoms with Gasteiger partial charge in [-0.15, -0.1) is 0 Å². The van der Waals surface area contributed by atoms with Gasteiger partial charge >= 0.3 is 0 Å². The number of hydrogen-bond donors (Lipinski definition) is 0. The Morgan fingerprint density at radius 2 is 0.973 bits per heavy atom. The standard InChI is InChI=1S/C31H20BrN5/c32-28-18-26(23-12-15-33-16-13-23)17-27(19-28)31-36-29(35-30(37-31)25-7-4-14-34-20-25)24-10-8-22(9-11-24)21-5-2-1-3-6-21/h1-20H. The molecule has 6 rings (SSSR count). The lowest BCUT2D eigenvalue weighted by atomic mass is 10.0. The quantitative estimate of drug-likeness (QED) is 0.223. The van der Waals surface area contributed by atoms with E-state index in [-0.39, 0.29) is 0 Å². The number of aromatic nitrogens is 5. The van der Waals surface area contributed by atoms with Crippen molar-refractivity contribution >= 4 is 15.9 Å². The first-order valence-electron chi connectivity index (χ1n) is 11.8. The van der Waals surface area contributed by atoms with Gasteiger partial charge in [0.05, 0.1) is 0 Å². The van der Waals surface area contributed by atoms with Crippen LogP contribution in [0.3, 0.4) is 0 Å². The highest BCUT2D eigenvalue weighted by Crippen LogP contribution is 2.31. The Balaban J connectivity index is 1.47. The molecule has 0 aliphatic rings. The summed E-state index contributed by atoms with van der Waals surface area (Å²) >= 11 is 3.67. The molecular weight excluding hydrogens is 522 g/mol. The first kappa shape index (κ1) is 22.9. The average Bonchev–Trinajstić information content (AvgIpc) is 2.98. The monoisotopic (exact) mass is 541 g/mol. The van der Waals surface area contributed by atoms with Crippen molar-refractivity contribution < 1.29 is 0 Å². The summed E-state index contributed by atoms with van der Waals surface area (Å²) in [5, 5.41) is 0. The molecule has 5 nitrogen and oxygen atoms in total. The number of halogens is 1. The minimum Gasteiger partial charge on any atom is -0.265 e. The number of benzene rings is 3. The van der Waals surface area contributed by atoms with E-state index >= 15 is 0 Å². The second-order valence-electron chi connectivity index (χ2n) is 8.46. The third-order valence-electron chi connectivity index (χ3n) is 5.98. The third kappa shape index (κ3) is 5.06. The number of rotatable bonds is 5. The smallest absolute Gasteiger partial charge is 0.165 e. The van der Waals surface area contributed by atoms with Crippen molar-refractivity contribution in [2.24, 2.45) is 0 Å². The molecule has 6 aromatic rings. The van der Waals surface area contributed by atoms with E-state index < -0.39 is 0 Å². The summed E-state index contributed by atoms with van der Waals surface area (Å²) in [7, 11) is 0. The second kappa shape index (κ2) is 10.2. The molecule has 0 N–H and O–H groups in total. The lowest BCUT2D eigenvalue weighted by Gasteiger charge is -2.10. The van der Waals surface area contributed by atoms with Crippen LogP contribution in [0.1, 0.15) is 0 Å². The summed E-state index contributed by atoms with van der Waals surface area (Å²) in [5.74, 6) is 1.77. The SMILES string of the molecule is Brc1cc(-c2ccncc2)cc(-c2nc(-c3ccc(-c4ccccc4)cc3)nc(-c3cccnc3)n2)c1. The molecule has 37 heavy (non-hydrogen) atoms. The zero-order valence-electron chi connectivity index (χ0n) is 19.7. The van der Waals surface area contributed by atoms with Crippen molar-refractivity contribution in [3.8, 4) is 56.4 Å². The van der Waals surface area contributed by atoms with E-state index in [0.29, 0.717) is 17.5 Å². The summed E-state index contributed by atoms with van der Waals surface area (Å²) < 4.78 is 0.939. The first-order chi connectivity index (χ1) is 18.2. The van der Waals surface area contributed by atoms with Crippen LogP contribution in [0, 0.1) is 0 Å². The zero-order chi connectivity index (χ0) is 25.0. The minimum absolute atomic E-state index is 0.575. The highest BCUT2D eigenvalue weighted by Gasteiger charge is 2.14. The molecule has 0 bridgehead atoms. The fourth-order valence-corrected chi connectivity index (χ4v) is 4.62. The molecule has 6 heteroatoms. The maximum Gasteiger partial charge on any atom is 0.165 e. The van der Waals surface area contributed by atoms with Crippen molar-refractivity contribution in [2.45, 2.75) is 0 Å². The largest absolute Gasteiger partial charge is 0.265 e. The Morgan fingerprint density at radius 3 is 1.68 bits per heavy atom. The molecule has 0 radical (unpaired) electrons. The van der Waals surface area contributed by atoms with E-state index in [1.807, 2.05) is 48.5 Å². The van der Waals surface area contributed by atoms with Crippen LogP contribution >= 0.6 is 15.9 Å². The van der Waals surface area contributed by atoms with Gasteiger partial charge in [-0.1, -0.05) is 70.5 Å². The lowest BCUT2D eigenvalue weighted by Crippen LogP contribution is -2.00. The van der Waals surface area contributed by atoms with Gasteiger partial charge in [-0.3, -0.25) is 9.97 Å². The third-order valence-corrected chi connectivity index (χ3v) is 6.43. The van der Waals surface area contributed by atoms with Crippen LogP contribution in [-0.4, -0.2) is 24.9 Å². The predicted molar refractivity (Wildman–Crippen MR) is 150 cm³/mol. The summed E-state index contributed by atoms with van der Waals surface area (Å²) in [6, 6.07) is 32.6. The fourth-order valence-electron chi connectivity index (χ4n) is 4.13. The van der Waals surface area contributed by atoms with E-state index in [1.54, 1.807) is 24.8 Å². The molecule has 0 spiro atoms. The van der Waals surface area contributed by atoms with Crippen molar-refractivity contribution in [3.63, 3.8) is 0 Å². The van der Waals surface area contributed by atoms with Crippen LogP contribution < -0.4 is 0 Å². The maximum absolute atomic E-state index is 4.90. The highest BCUT2D eigenvalue weighted by atomic mass is 79.9. The lowest BCUT2D eigenvalue weighted by molar-refractivity contribution is 1.07. The maximum atomic E-state index is 4.90. The van der Waals surface area contributed by atoms with Crippen molar-refractivity contribution in [2.75, 3.05) is 0 Å². The van der Waals surface area contributed by atoms with Crippen LogP contribution in [0.15, 0.2) is 126 Å². The molecule has 0 aliphatic heterocycles. The number of nitrogens with zero attached hydrogens (tertiary/aromatic N) is 5. The Morgan fingerprint density at radius 1 is 0.405 bits per heavy atom. The molecule has 0 saturated heterocycles. The van der Waals surface area contributed by atoms with Crippen molar-refractivity contribution in [3.05, 3.63) is 126 Å². The molecule has 0 atom stereocenters. The van der Waals surface area contributed by atoms with Gasteiger partial charge in [0.1, 0.15) is 0 Å². The number of hydrogen-bond acceptors (Lipinski definition) is 5. The van der Waals surface area contributed by atoms with Gasteiger partial charge in [0, 0.05) is 46.0 Å². The molecule has 0 fully saturated rings.